The van der Waals surface area contributed by atoms with Crippen molar-refractivity contribution in [3.8, 4) is 0 Å². The second kappa shape index (κ2) is 7.10. The zero-order chi connectivity index (χ0) is 12.8. The molecule has 0 saturated heterocycles. The Labute approximate surface area is 114 Å². The van der Waals surface area contributed by atoms with Crippen molar-refractivity contribution in [1.82, 2.24) is 15.3 Å². The van der Waals surface area contributed by atoms with Crippen molar-refractivity contribution in [3.05, 3.63) is 18.0 Å². The zero-order valence-electron chi connectivity index (χ0n) is 11.4. The molecule has 1 fully saturated rings. The highest BCUT2D eigenvalue weighted by atomic mass is 32.2. The van der Waals surface area contributed by atoms with Gasteiger partial charge in [0.25, 0.3) is 0 Å². The highest BCUT2D eigenvalue weighted by Gasteiger charge is 2.17. The summed E-state index contributed by atoms with van der Waals surface area (Å²) < 4.78 is 0. The van der Waals surface area contributed by atoms with Crippen LogP contribution >= 0.6 is 11.8 Å². The standard InChI is InChI=1S/C14H23N3S/c1-11-3-5-13(6-4-11)15-9-10-18-14-16-8-7-12(2)17-14/h7-8,11,13,15H,3-6,9-10H2,1-2H3. The van der Waals surface area contributed by atoms with Gasteiger partial charge >= 0.3 is 0 Å². The lowest BCUT2D eigenvalue weighted by atomic mass is 9.87. The van der Waals surface area contributed by atoms with E-state index in [-0.39, 0.29) is 0 Å². The predicted molar refractivity (Wildman–Crippen MR) is 76.9 cm³/mol. The van der Waals surface area contributed by atoms with Gasteiger partial charge < -0.3 is 5.32 Å². The van der Waals surface area contributed by atoms with Crippen molar-refractivity contribution in [1.29, 1.82) is 0 Å². The minimum absolute atomic E-state index is 0.736. The fourth-order valence-corrected chi connectivity index (χ4v) is 3.11. The molecule has 18 heavy (non-hydrogen) atoms. The monoisotopic (exact) mass is 265 g/mol. The van der Waals surface area contributed by atoms with Gasteiger partial charge in [0.05, 0.1) is 0 Å². The Morgan fingerprint density at radius 3 is 2.83 bits per heavy atom. The number of thioether (sulfide) groups is 1. The lowest BCUT2D eigenvalue weighted by molar-refractivity contribution is 0.312. The number of aryl methyl sites for hydroxylation is 1. The zero-order valence-corrected chi connectivity index (χ0v) is 12.2. The van der Waals surface area contributed by atoms with Gasteiger partial charge in [0.2, 0.25) is 0 Å². The van der Waals surface area contributed by atoms with Gasteiger partial charge in [0.1, 0.15) is 0 Å². The molecular formula is C14H23N3S. The van der Waals surface area contributed by atoms with Crippen LogP contribution in [0.15, 0.2) is 17.4 Å². The van der Waals surface area contributed by atoms with Crippen molar-refractivity contribution in [3.63, 3.8) is 0 Å². The number of nitrogens with one attached hydrogen (secondary N) is 1. The van der Waals surface area contributed by atoms with Crippen molar-refractivity contribution in [2.75, 3.05) is 12.3 Å². The molecule has 2 rings (SSSR count). The molecule has 0 aromatic carbocycles. The van der Waals surface area contributed by atoms with Gasteiger partial charge in [-0.15, -0.1) is 0 Å². The van der Waals surface area contributed by atoms with Crippen LogP contribution in [-0.4, -0.2) is 28.3 Å². The van der Waals surface area contributed by atoms with E-state index in [0.29, 0.717) is 0 Å². The van der Waals surface area contributed by atoms with Gasteiger partial charge in [-0.2, -0.15) is 0 Å². The van der Waals surface area contributed by atoms with Gasteiger partial charge in [-0.1, -0.05) is 18.7 Å². The van der Waals surface area contributed by atoms with Gasteiger partial charge in [-0.3, -0.25) is 0 Å². The quantitative estimate of drug-likeness (QED) is 0.504. The number of aromatic nitrogens is 2. The molecule has 3 nitrogen and oxygen atoms in total. The number of rotatable bonds is 5. The molecule has 1 aromatic rings. The molecule has 4 heteroatoms. The van der Waals surface area contributed by atoms with Crippen LogP contribution in [-0.2, 0) is 0 Å². The fourth-order valence-electron chi connectivity index (χ4n) is 2.37. The van der Waals surface area contributed by atoms with E-state index in [1.54, 1.807) is 11.8 Å². The molecule has 1 saturated carbocycles. The molecule has 0 atom stereocenters. The van der Waals surface area contributed by atoms with Crippen LogP contribution in [0.25, 0.3) is 0 Å². The molecule has 1 N–H and O–H groups in total. The topological polar surface area (TPSA) is 37.8 Å². The van der Waals surface area contributed by atoms with Crippen LogP contribution in [0, 0.1) is 12.8 Å². The third kappa shape index (κ3) is 4.58. The van der Waals surface area contributed by atoms with Crippen molar-refractivity contribution >= 4 is 11.8 Å². The summed E-state index contributed by atoms with van der Waals surface area (Å²) in [5.41, 5.74) is 1.04. The average Bonchev–Trinajstić information content (AvgIpc) is 2.37. The van der Waals surface area contributed by atoms with Crippen LogP contribution in [0.3, 0.4) is 0 Å². The minimum atomic E-state index is 0.736. The smallest absolute Gasteiger partial charge is 0.187 e. The summed E-state index contributed by atoms with van der Waals surface area (Å²) in [4.78, 5) is 8.65. The van der Waals surface area contributed by atoms with Gasteiger partial charge in [-0.25, -0.2) is 9.97 Å². The largest absolute Gasteiger partial charge is 0.313 e. The Bertz CT molecular complexity index is 362. The van der Waals surface area contributed by atoms with E-state index in [9.17, 15) is 0 Å². The molecule has 0 unspecified atom stereocenters. The highest BCUT2D eigenvalue weighted by Crippen LogP contribution is 2.23. The number of hydrogen-bond acceptors (Lipinski definition) is 4. The average molecular weight is 265 g/mol. The Balaban J connectivity index is 1.61. The third-order valence-electron chi connectivity index (χ3n) is 3.55. The first-order valence-corrected chi connectivity index (χ1v) is 7.88. The van der Waals surface area contributed by atoms with Crippen molar-refractivity contribution < 1.29 is 0 Å². The van der Waals surface area contributed by atoms with E-state index in [1.165, 1.54) is 25.7 Å². The maximum Gasteiger partial charge on any atom is 0.187 e. The Morgan fingerprint density at radius 2 is 2.11 bits per heavy atom. The summed E-state index contributed by atoms with van der Waals surface area (Å²) in [5.74, 6) is 1.98. The minimum Gasteiger partial charge on any atom is -0.313 e. The lowest BCUT2D eigenvalue weighted by Gasteiger charge is -2.26. The van der Waals surface area contributed by atoms with Crippen LogP contribution in [0.1, 0.15) is 38.3 Å². The van der Waals surface area contributed by atoms with Crippen LogP contribution < -0.4 is 5.32 Å². The molecule has 1 aliphatic rings. The van der Waals surface area contributed by atoms with Crippen molar-refractivity contribution in [2.24, 2.45) is 5.92 Å². The third-order valence-corrected chi connectivity index (χ3v) is 4.42. The first kappa shape index (κ1) is 13.8. The van der Waals surface area contributed by atoms with E-state index in [1.807, 2.05) is 19.2 Å². The van der Waals surface area contributed by atoms with E-state index in [2.05, 4.69) is 22.2 Å². The van der Waals surface area contributed by atoms with Crippen LogP contribution in [0.5, 0.6) is 0 Å². The van der Waals surface area contributed by atoms with Crippen LogP contribution in [0.2, 0.25) is 0 Å². The summed E-state index contributed by atoms with van der Waals surface area (Å²) in [7, 11) is 0. The second-order valence-corrected chi connectivity index (χ2v) is 6.30. The lowest BCUT2D eigenvalue weighted by Crippen LogP contribution is -2.34. The maximum atomic E-state index is 4.39. The summed E-state index contributed by atoms with van der Waals surface area (Å²) >= 11 is 1.74. The first-order chi connectivity index (χ1) is 8.74. The molecule has 1 aromatic heterocycles. The molecule has 0 bridgehead atoms. The Kier molecular flexibility index (Phi) is 5.45. The molecule has 0 aliphatic heterocycles. The molecule has 0 amide bonds. The van der Waals surface area contributed by atoms with E-state index in [0.717, 1.165) is 35.1 Å². The van der Waals surface area contributed by atoms with E-state index < -0.39 is 0 Å². The highest BCUT2D eigenvalue weighted by molar-refractivity contribution is 7.99. The van der Waals surface area contributed by atoms with E-state index >= 15 is 0 Å². The molecule has 1 heterocycles. The van der Waals surface area contributed by atoms with Gasteiger partial charge in [-0.05, 0) is 44.6 Å². The molecule has 0 spiro atoms. The number of hydrogen-bond donors (Lipinski definition) is 1. The second-order valence-electron chi connectivity index (χ2n) is 5.24. The summed E-state index contributed by atoms with van der Waals surface area (Å²) in [5, 5.41) is 4.55. The SMILES string of the molecule is Cc1ccnc(SCCNC2CCC(C)CC2)n1. The predicted octanol–water partition coefficient (Wildman–Crippen LogP) is 3.05. The molecule has 100 valence electrons. The van der Waals surface area contributed by atoms with Gasteiger partial charge in [0.15, 0.2) is 5.16 Å². The van der Waals surface area contributed by atoms with Crippen LogP contribution in [0.4, 0.5) is 0 Å². The van der Waals surface area contributed by atoms with Gasteiger partial charge in [0, 0.05) is 30.2 Å². The summed E-state index contributed by atoms with van der Waals surface area (Å²) in [6.45, 7) is 5.43. The molecular weight excluding hydrogens is 242 g/mol. The molecule has 1 aliphatic carbocycles. The molecule has 0 radical (unpaired) electrons. The summed E-state index contributed by atoms with van der Waals surface area (Å²) in [6.07, 6.45) is 7.28. The first-order valence-electron chi connectivity index (χ1n) is 6.90. The van der Waals surface area contributed by atoms with E-state index in [4.69, 9.17) is 0 Å². The fraction of sp³-hybridized carbons (Fsp3) is 0.714. The Hall–Kier alpha value is -0.610. The number of nitrogens with zero attached hydrogens (tertiary/aromatic N) is 2. The summed E-state index contributed by atoms with van der Waals surface area (Å²) in [6, 6.07) is 2.67. The normalized spacial score (nSPS) is 24.1. The van der Waals surface area contributed by atoms with Crippen molar-refractivity contribution in [2.45, 2.75) is 50.7 Å². The maximum absolute atomic E-state index is 4.39. The Morgan fingerprint density at radius 1 is 1.33 bits per heavy atom.